The Balaban J connectivity index is 1.24. The fourth-order valence-corrected chi connectivity index (χ4v) is 4.37. The van der Waals surface area contributed by atoms with E-state index in [1.54, 1.807) is 6.20 Å². The Morgan fingerprint density at radius 3 is 2.69 bits per heavy atom. The number of likely N-dealkylation sites (tertiary alicyclic amines) is 1. The number of fused-ring (bicyclic) bond motifs is 1. The summed E-state index contributed by atoms with van der Waals surface area (Å²) < 4.78 is 0. The predicted octanol–water partition coefficient (Wildman–Crippen LogP) is 2.19. The zero-order valence-corrected chi connectivity index (χ0v) is 17.0. The summed E-state index contributed by atoms with van der Waals surface area (Å²) in [5, 5.41) is 10.9. The number of hydrogen-bond donors (Lipinski definition) is 3. The maximum Gasteiger partial charge on any atom is 0.253 e. The molecule has 2 fully saturated rings. The molecule has 0 atom stereocenters. The average Bonchev–Trinajstić information content (AvgIpc) is 3.48. The van der Waals surface area contributed by atoms with Crippen LogP contribution in [-0.4, -0.2) is 52.9 Å². The topological polar surface area (TPSA) is 84.9 Å². The Hall–Kier alpha value is -2.58. The molecule has 1 aromatic carbocycles. The van der Waals surface area contributed by atoms with Crippen molar-refractivity contribution in [3.63, 3.8) is 0 Å². The molecule has 2 aliphatic heterocycles. The Kier molecular flexibility index (Phi) is 4.67. The summed E-state index contributed by atoms with van der Waals surface area (Å²) in [6, 6.07) is 6.03. The molecular formula is C20H24ClN7O. The van der Waals surface area contributed by atoms with E-state index >= 15 is 0 Å². The third-order valence-corrected chi connectivity index (χ3v) is 6.19. The first kappa shape index (κ1) is 18.4. The molecule has 0 radical (unpaired) electrons. The van der Waals surface area contributed by atoms with Crippen molar-refractivity contribution in [2.24, 2.45) is 5.10 Å². The molecule has 1 aliphatic carbocycles. The Morgan fingerprint density at radius 2 is 2.00 bits per heavy atom. The standard InChI is InChI=1S/C20H24ClN7O/c1-27-20(24-25-26-27)28-6-4-15(5-7-28)23-19(29)14-8-13-9-17(21)16(12-2-3-12)10-18(13)22-11-14/h8-12,15,25-26H,2-7H2,1H3,(H,23,29). The normalized spacial score (nSPS) is 20.0. The minimum atomic E-state index is -0.0844. The van der Waals surface area contributed by atoms with E-state index in [-0.39, 0.29) is 11.9 Å². The van der Waals surface area contributed by atoms with E-state index in [0.29, 0.717) is 11.5 Å². The summed E-state index contributed by atoms with van der Waals surface area (Å²) in [5.74, 6) is 1.36. The third-order valence-electron chi connectivity index (χ3n) is 5.87. The van der Waals surface area contributed by atoms with Gasteiger partial charge in [-0.25, -0.2) is 5.53 Å². The van der Waals surface area contributed by atoms with Gasteiger partial charge >= 0.3 is 0 Å². The van der Waals surface area contributed by atoms with Crippen LogP contribution in [0.5, 0.6) is 0 Å². The molecule has 0 spiro atoms. The maximum atomic E-state index is 12.8. The monoisotopic (exact) mass is 413 g/mol. The summed E-state index contributed by atoms with van der Waals surface area (Å²) in [5.41, 5.74) is 8.31. The highest BCUT2D eigenvalue weighted by atomic mass is 35.5. The molecular weight excluding hydrogens is 390 g/mol. The zero-order valence-electron chi connectivity index (χ0n) is 16.3. The molecule has 0 bridgehead atoms. The maximum absolute atomic E-state index is 12.8. The minimum absolute atomic E-state index is 0.0844. The van der Waals surface area contributed by atoms with E-state index in [4.69, 9.17) is 11.6 Å². The summed E-state index contributed by atoms with van der Waals surface area (Å²) in [6.45, 7) is 1.68. The molecule has 152 valence electrons. The number of piperidine rings is 1. The number of amides is 1. The SMILES string of the molecule is CN1NNN=C1N1CCC(NC(=O)c2cnc3cc(C4CC4)c(Cl)cc3c2)CC1. The van der Waals surface area contributed by atoms with Crippen LogP contribution in [-0.2, 0) is 0 Å². The first-order chi connectivity index (χ1) is 14.1. The lowest BCUT2D eigenvalue weighted by Crippen LogP contribution is -2.51. The zero-order chi connectivity index (χ0) is 20.0. The van der Waals surface area contributed by atoms with E-state index in [0.717, 1.165) is 47.8 Å². The molecule has 0 unspecified atom stereocenters. The molecule has 5 rings (SSSR count). The van der Waals surface area contributed by atoms with Crippen LogP contribution in [0.15, 0.2) is 29.5 Å². The van der Waals surface area contributed by atoms with E-state index < -0.39 is 0 Å². The van der Waals surface area contributed by atoms with Gasteiger partial charge in [-0.05, 0) is 55.4 Å². The molecule has 3 heterocycles. The molecule has 2 aromatic rings. The van der Waals surface area contributed by atoms with Crippen LogP contribution in [0, 0.1) is 0 Å². The quantitative estimate of drug-likeness (QED) is 0.715. The number of guanidine groups is 1. The van der Waals surface area contributed by atoms with Crippen LogP contribution < -0.4 is 16.4 Å². The lowest BCUT2D eigenvalue weighted by atomic mass is 10.0. The minimum Gasteiger partial charge on any atom is -0.349 e. The molecule has 9 heteroatoms. The van der Waals surface area contributed by atoms with Crippen molar-refractivity contribution in [3.8, 4) is 0 Å². The van der Waals surface area contributed by atoms with E-state index in [1.165, 1.54) is 18.4 Å². The van der Waals surface area contributed by atoms with Crippen molar-refractivity contribution in [1.29, 1.82) is 0 Å². The highest BCUT2D eigenvalue weighted by Crippen LogP contribution is 2.44. The van der Waals surface area contributed by atoms with Crippen molar-refractivity contribution < 1.29 is 4.79 Å². The molecule has 8 nitrogen and oxygen atoms in total. The van der Waals surface area contributed by atoms with Crippen molar-refractivity contribution in [2.75, 3.05) is 20.1 Å². The second-order valence-electron chi connectivity index (χ2n) is 7.99. The number of rotatable bonds is 3. The number of nitrogens with one attached hydrogen (secondary N) is 3. The highest BCUT2D eigenvalue weighted by Gasteiger charge is 2.28. The van der Waals surface area contributed by atoms with E-state index in [9.17, 15) is 4.79 Å². The summed E-state index contributed by atoms with van der Waals surface area (Å²) >= 11 is 6.45. The van der Waals surface area contributed by atoms with Gasteiger partial charge in [0.25, 0.3) is 5.91 Å². The van der Waals surface area contributed by atoms with Crippen LogP contribution in [0.4, 0.5) is 0 Å². The lowest BCUT2D eigenvalue weighted by Gasteiger charge is -2.34. The first-order valence-electron chi connectivity index (χ1n) is 10.1. The van der Waals surface area contributed by atoms with E-state index in [2.05, 4.69) is 37.4 Å². The Labute approximate surface area is 174 Å². The van der Waals surface area contributed by atoms with Crippen molar-refractivity contribution >= 4 is 34.4 Å². The number of pyridine rings is 1. The van der Waals surface area contributed by atoms with Crippen LogP contribution in [0.2, 0.25) is 5.02 Å². The van der Waals surface area contributed by atoms with Gasteiger partial charge < -0.3 is 10.2 Å². The number of carbonyl (C=O) groups excluding carboxylic acids is 1. The lowest BCUT2D eigenvalue weighted by molar-refractivity contribution is 0.0920. The van der Waals surface area contributed by atoms with Crippen molar-refractivity contribution in [1.82, 2.24) is 31.3 Å². The average molecular weight is 414 g/mol. The van der Waals surface area contributed by atoms with Gasteiger partial charge in [0.1, 0.15) is 0 Å². The summed E-state index contributed by atoms with van der Waals surface area (Å²) in [6.07, 6.45) is 5.80. The molecule has 3 N–H and O–H groups in total. The van der Waals surface area contributed by atoms with Gasteiger partial charge in [-0.15, -0.1) is 10.6 Å². The van der Waals surface area contributed by atoms with Crippen LogP contribution in [0.1, 0.15) is 47.5 Å². The number of hydrogen-bond acceptors (Lipinski definition) is 7. The van der Waals surface area contributed by atoms with Crippen molar-refractivity contribution in [3.05, 3.63) is 40.5 Å². The van der Waals surface area contributed by atoms with Crippen LogP contribution >= 0.6 is 11.6 Å². The van der Waals surface area contributed by atoms with Gasteiger partial charge in [0.2, 0.25) is 5.96 Å². The number of aromatic nitrogens is 1. The van der Waals surface area contributed by atoms with Gasteiger partial charge in [0.15, 0.2) is 0 Å². The number of hydrazine groups is 2. The molecule has 1 amide bonds. The number of nitrogens with zero attached hydrogens (tertiary/aromatic N) is 4. The molecule has 1 aromatic heterocycles. The highest BCUT2D eigenvalue weighted by molar-refractivity contribution is 6.32. The third kappa shape index (κ3) is 3.70. The van der Waals surface area contributed by atoms with Crippen molar-refractivity contribution in [2.45, 2.75) is 37.6 Å². The second kappa shape index (κ2) is 7.35. The second-order valence-corrected chi connectivity index (χ2v) is 8.40. The van der Waals surface area contributed by atoms with Gasteiger partial charge in [-0.2, -0.15) is 0 Å². The van der Waals surface area contributed by atoms with Crippen LogP contribution in [0.3, 0.4) is 0 Å². The van der Waals surface area contributed by atoms with Gasteiger partial charge in [0.05, 0.1) is 11.1 Å². The number of hydrazone groups is 1. The van der Waals surface area contributed by atoms with E-state index in [1.807, 2.05) is 24.2 Å². The first-order valence-corrected chi connectivity index (χ1v) is 10.4. The summed E-state index contributed by atoms with van der Waals surface area (Å²) in [4.78, 5) is 19.5. The molecule has 29 heavy (non-hydrogen) atoms. The van der Waals surface area contributed by atoms with Gasteiger partial charge in [0, 0.05) is 42.8 Å². The Bertz CT molecular complexity index is 982. The fourth-order valence-electron chi connectivity index (χ4n) is 4.05. The largest absolute Gasteiger partial charge is 0.349 e. The van der Waals surface area contributed by atoms with Gasteiger partial charge in [-0.3, -0.25) is 14.8 Å². The smallest absolute Gasteiger partial charge is 0.253 e. The predicted molar refractivity (Wildman–Crippen MR) is 112 cm³/mol. The molecule has 1 saturated carbocycles. The molecule has 3 aliphatic rings. The number of halogens is 1. The van der Waals surface area contributed by atoms with Crippen LogP contribution in [0.25, 0.3) is 10.9 Å². The molecule has 1 saturated heterocycles. The number of benzene rings is 1. The van der Waals surface area contributed by atoms with Gasteiger partial charge in [-0.1, -0.05) is 11.6 Å². The summed E-state index contributed by atoms with van der Waals surface area (Å²) in [7, 11) is 1.92. The Morgan fingerprint density at radius 1 is 1.21 bits per heavy atom. The fraction of sp³-hybridized carbons (Fsp3) is 0.450. The number of carbonyl (C=O) groups is 1.